The van der Waals surface area contributed by atoms with Gasteiger partial charge in [-0.1, -0.05) is 0 Å². The highest BCUT2D eigenvalue weighted by atomic mass is 16.5. The molecule has 0 atom stereocenters. The van der Waals surface area contributed by atoms with Crippen LogP contribution in [-0.2, 0) is 6.54 Å². The van der Waals surface area contributed by atoms with Crippen molar-refractivity contribution in [3.63, 3.8) is 0 Å². The van der Waals surface area contributed by atoms with E-state index in [9.17, 15) is 0 Å². The van der Waals surface area contributed by atoms with Gasteiger partial charge in [0.2, 0.25) is 11.8 Å². The van der Waals surface area contributed by atoms with E-state index in [0.29, 0.717) is 18.4 Å². The van der Waals surface area contributed by atoms with E-state index in [1.165, 1.54) is 0 Å². The second-order valence-corrected chi connectivity index (χ2v) is 4.31. The van der Waals surface area contributed by atoms with Crippen LogP contribution in [0.3, 0.4) is 0 Å². The Hall–Kier alpha value is -2.11. The Bertz CT molecular complexity index is 538. The number of hydrogen-bond acceptors (Lipinski definition) is 5. The van der Waals surface area contributed by atoms with E-state index in [2.05, 4.69) is 20.4 Å². The molecule has 0 saturated carbocycles. The molecule has 2 heterocycles. The van der Waals surface area contributed by atoms with Crippen LogP contribution in [0, 0.1) is 13.8 Å². The quantitative estimate of drug-likeness (QED) is 0.859. The van der Waals surface area contributed by atoms with Crippen LogP contribution >= 0.6 is 0 Å². The number of anilines is 1. The third-order valence-corrected chi connectivity index (χ3v) is 2.51. The fourth-order valence-electron chi connectivity index (χ4n) is 1.71. The zero-order chi connectivity index (χ0) is 13.7. The van der Waals surface area contributed by atoms with Crippen LogP contribution in [0.2, 0.25) is 0 Å². The van der Waals surface area contributed by atoms with Crippen molar-refractivity contribution in [2.24, 2.45) is 0 Å². The number of rotatable bonds is 6. The monoisotopic (exact) mass is 261 g/mol. The minimum absolute atomic E-state index is 0.590. The Labute approximate surface area is 112 Å². The minimum atomic E-state index is 0.590. The highest BCUT2D eigenvalue weighted by molar-refractivity contribution is 5.30. The molecule has 0 aliphatic heterocycles. The molecular weight excluding hydrogens is 242 g/mol. The number of ether oxygens (including phenoxy) is 1. The Morgan fingerprint density at radius 3 is 2.84 bits per heavy atom. The van der Waals surface area contributed by atoms with Crippen molar-refractivity contribution in [1.82, 2.24) is 19.7 Å². The smallest absolute Gasteiger partial charge is 0.226 e. The average molecular weight is 261 g/mol. The molecule has 0 saturated heterocycles. The number of hydrogen-bond donors (Lipinski definition) is 1. The van der Waals surface area contributed by atoms with Gasteiger partial charge < -0.3 is 10.1 Å². The van der Waals surface area contributed by atoms with E-state index in [1.54, 1.807) is 0 Å². The summed E-state index contributed by atoms with van der Waals surface area (Å²) in [6.07, 6.45) is 3.85. The van der Waals surface area contributed by atoms with Gasteiger partial charge in [-0.2, -0.15) is 10.1 Å². The Kier molecular flexibility index (Phi) is 4.33. The van der Waals surface area contributed by atoms with E-state index in [0.717, 1.165) is 24.3 Å². The van der Waals surface area contributed by atoms with Gasteiger partial charge in [-0.15, -0.1) is 0 Å². The molecule has 1 N–H and O–H groups in total. The first-order valence-corrected chi connectivity index (χ1v) is 6.39. The van der Waals surface area contributed by atoms with Crippen molar-refractivity contribution in [1.29, 1.82) is 0 Å². The topological polar surface area (TPSA) is 64.9 Å². The van der Waals surface area contributed by atoms with E-state index < -0.39 is 0 Å². The van der Waals surface area contributed by atoms with Gasteiger partial charge in [0.25, 0.3) is 0 Å². The molecule has 6 nitrogen and oxygen atoms in total. The maximum absolute atomic E-state index is 5.39. The van der Waals surface area contributed by atoms with Gasteiger partial charge in [0, 0.05) is 24.5 Å². The Morgan fingerprint density at radius 2 is 2.16 bits per heavy atom. The average Bonchev–Trinajstić information content (AvgIpc) is 2.75. The second kappa shape index (κ2) is 6.17. The maximum atomic E-state index is 5.39. The van der Waals surface area contributed by atoms with Gasteiger partial charge in [0.15, 0.2) is 0 Å². The summed E-state index contributed by atoms with van der Waals surface area (Å²) < 4.78 is 7.28. The molecule has 102 valence electrons. The first-order valence-electron chi connectivity index (χ1n) is 6.39. The van der Waals surface area contributed by atoms with Gasteiger partial charge in [-0.05, 0) is 26.3 Å². The third kappa shape index (κ3) is 3.94. The van der Waals surface area contributed by atoms with Crippen LogP contribution in [0.5, 0.6) is 5.88 Å². The van der Waals surface area contributed by atoms with Gasteiger partial charge in [0.05, 0.1) is 19.3 Å². The molecule has 0 spiro atoms. The van der Waals surface area contributed by atoms with Crippen molar-refractivity contribution in [2.45, 2.75) is 27.3 Å². The van der Waals surface area contributed by atoms with Crippen LogP contribution in [-0.4, -0.2) is 32.9 Å². The lowest BCUT2D eigenvalue weighted by atomic mass is 10.4. The van der Waals surface area contributed by atoms with Gasteiger partial charge in [-0.3, -0.25) is 4.68 Å². The summed E-state index contributed by atoms with van der Waals surface area (Å²) in [4.78, 5) is 8.61. The largest absolute Gasteiger partial charge is 0.478 e. The molecule has 0 fully saturated rings. The van der Waals surface area contributed by atoms with Gasteiger partial charge in [0.1, 0.15) is 0 Å². The van der Waals surface area contributed by atoms with Gasteiger partial charge in [-0.25, -0.2) is 4.98 Å². The number of nitrogens with one attached hydrogen (secondary N) is 1. The Morgan fingerprint density at radius 1 is 1.32 bits per heavy atom. The normalized spacial score (nSPS) is 10.5. The van der Waals surface area contributed by atoms with E-state index >= 15 is 0 Å². The fourth-order valence-corrected chi connectivity index (χ4v) is 1.71. The Balaban J connectivity index is 1.91. The van der Waals surface area contributed by atoms with Crippen molar-refractivity contribution in [3.8, 4) is 5.88 Å². The molecule has 0 radical (unpaired) electrons. The van der Waals surface area contributed by atoms with Crippen molar-refractivity contribution in [3.05, 3.63) is 29.7 Å². The summed E-state index contributed by atoms with van der Waals surface area (Å²) in [6.45, 7) is 7.97. The zero-order valence-electron chi connectivity index (χ0n) is 11.6. The molecule has 2 aromatic heterocycles. The molecule has 19 heavy (non-hydrogen) atoms. The van der Waals surface area contributed by atoms with Crippen LogP contribution in [0.25, 0.3) is 0 Å². The highest BCUT2D eigenvalue weighted by Gasteiger charge is 2.02. The number of aromatic nitrogens is 4. The lowest BCUT2D eigenvalue weighted by molar-refractivity contribution is 0.326. The van der Waals surface area contributed by atoms with E-state index in [-0.39, 0.29) is 0 Å². The fraction of sp³-hybridized carbons (Fsp3) is 0.462. The standard InChI is InChI=1S/C13H19N5O/c1-4-19-12-7-11(3)16-13(17-12)14-5-6-18-9-10(2)8-15-18/h7-9H,4-6H2,1-3H3,(H,14,16,17). The third-order valence-electron chi connectivity index (χ3n) is 2.51. The van der Waals surface area contributed by atoms with Crippen LogP contribution in [0.1, 0.15) is 18.2 Å². The lowest BCUT2D eigenvalue weighted by Crippen LogP contribution is -2.13. The molecule has 0 amide bonds. The molecule has 0 aliphatic rings. The molecule has 0 aliphatic carbocycles. The minimum Gasteiger partial charge on any atom is -0.478 e. The molecule has 0 bridgehead atoms. The van der Waals surface area contributed by atoms with Crippen molar-refractivity contribution in [2.75, 3.05) is 18.5 Å². The zero-order valence-corrected chi connectivity index (χ0v) is 11.6. The molecule has 0 aromatic carbocycles. The first kappa shape index (κ1) is 13.3. The van der Waals surface area contributed by atoms with Crippen LogP contribution in [0.15, 0.2) is 18.5 Å². The lowest BCUT2D eigenvalue weighted by Gasteiger charge is -2.08. The molecular formula is C13H19N5O. The molecule has 2 aromatic rings. The predicted octanol–water partition coefficient (Wildman–Crippen LogP) is 1.80. The predicted molar refractivity (Wildman–Crippen MR) is 73.4 cm³/mol. The number of nitrogens with zero attached hydrogens (tertiary/aromatic N) is 4. The summed E-state index contributed by atoms with van der Waals surface area (Å²) in [5, 5.41) is 7.40. The molecule has 2 rings (SSSR count). The maximum Gasteiger partial charge on any atom is 0.226 e. The first-order chi connectivity index (χ1) is 9.17. The summed E-state index contributed by atoms with van der Waals surface area (Å²) >= 11 is 0. The summed E-state index contributed by atoms with van der Waals surface area (Å²) in [5.74, 6) is 1.19. The summed E-state index contributed by atoms with van der Waals surface area (Å²) in [5.41, 5.74) is 2.04. The summed E-state index contributed by atoms with van der Waals surface area (Å²) in [6, 6.07) is 1.82. The number of aryl methyl sites for hydroxylation is 2. The van der Waals surface area contributed by atoms with Crippen molar-refractivity contribution >= 4 is 5.95 Å². The van der Waals surface area contributed by atoms with E-state index in [4.69, 9.17) is 4.74 Å². The van der Waals surface area contributed by atoms with Gasteiger partial charge >= 0.3 is 0 Å². The van der Waals surface area contributed by atoms with Crippen LogP contribution in [0.4, 0.5) is 5.95 Å². The molecule has 0 unspecified atom stereocenters. The molecule has 6 heteroatoms. The second-order valence-electron chi connectivity index (χ2n) is 4.31. The van der Waals surface area contributed by atoms with E-state index in [1.807, 2.05) is 43.9 Å². The SMILES string of the molecule is CCOc1cc(C)nc(NCCn2cc(C)cn2)n1. The summed E-state index contributed by atoms with van der Waals surface area (Å²) in [7, 11) is 0. The highest BCUT2D eigenvalue weighted by Crippen LogP contribution is 2.11. The van der Waals surface area contributed by atoms with Crippen molar-refractivity contribution < 1.29 is 4.74 Å². The van der Waals surface area contributed by atoms with Crippen LogP contribution < -0.4 is 10.1 Å².